The molecule has 41 valence electrons. The van der Waals surface area contributed by atoms with Crippen LogP contribution in [0.2, 0.25) is 0 Å². The van der Waals surface area contributed by atoms with E-state index in [-0.39, 0.29) is 29.6 Å². The van der Waals surface area contributed by atoms with E-state index in [1.165, 1.54) is 0 Å². The van der Waals surface area contributed by atoms with Crippen LogP contribution in [0, 0.1) is 0 Å². The zero-order valence-corrected chi connectivity index (χ0v) is 7.39. The Bertz CT molecular complexity index is 53.5. The summed E-state index contributed by atoms with van der Waals surface area (Å²) in [6.07, 6.45) is 3.42. The van der Waals surface area contributed by atoms with Crippen LogP contribution >= 0.6 is 0 Å². The zero-order valence-electron chi connectivity index (χ0n) is 5.39. The minimum atomic E-state index is 0. The van der Waals surface area contributed by atoms with E-state index in [9.17, 15) is 0 Å². The van der Waals surface area contributed by atoms with Crippen molar-refractivity contribution >= 4 is 29.6 Å². The second-order valence-corrected chi connectivity index (χ2v) is 1.11. The van der Waals surface area contributed by atoms with Gasteiger partial charge in [-0.05, 0) is 0 Å². The Morgan fingerprint density at radius 2 is 1.50 bits per heavy atom. The van der Waals surface area contributed by atoms with Crippen molar-refractivity contribution in [1.82, 2.24) is 0 Å². The van der Waals surface area contributed by atoms with E-state index < -0.39 is 0 Å². The Morgan fingerprint density at radius 1 is 1.12 bits per heavy atom. The Labute approximate surface area is 72.7 Å². The molecule has 0 unspecified atom stereocenters. The molecule has 8 heavy (non-hydrogen) atoms. The maximum atomic E-state index is 4.90. The van der Waals surface area contributed by atoms with Gasteiger partial charge in [0.2, 0.25) is 0 Å². The summed E-state index contributed by atoms with van der Waals surface area (Å²) in [5.41, 5.74) is 0. The first-order valence-corrected chi connectivity index (χ1v) is 2.21. The number of rotatable bonds is 4. The van der Waals surface area contributed by atoms with Crippen molar-refractivity contribution in [3.63, 3.8) is 0 Å². The molecule has 0 aromatic rings. The van der Waals surface area contributed by atoms with Crippen LogP contribution < -0.4 is 0 Å². The molecule has 0 bridgehead atoms. The predicted octanol–water partition coefficient (Wildman–Crippen LogP) is 0.994. The first-order chi connectivity index (χ1) is 3.41. The molecule has 0 aliphatic rings. The molecule has 0 aromatic heterocycles. The second kappa shape index (κ2) is 10.4. The molecule has 0 heterocycles. The molecule has 0 spiro atoms. The van der Waals surface area contributed by atoms with Crippen molar-refractivity contribution in [2.75, 3.05) is 13.2 Å². The van der Waals surface area contributed by atoms with Crippen molar-refractivity contribution in [3.8, 4) is 0 Å². The fraction of sp³-hybridized carbons (Fsp3) is 0.333. The monoisotopic (exact) mass is 121 g/mol. The molecule has 0 amide bonds. The molecule has 0 saturated carbocycles. The van der Waals surface area contributed by atoms with Crippen LogP contribution in [-0.4, -0.2) is 42.8 Å². The Hall–Kier alpha value is 0.440. The maximum Gasteiger partial charge on any atom is 0.0649 e. The fourth-order valence-electron chi connectivity index (χ4n) is 0.235. The quantitative estimate of drug-likeness (QED) is 0.306. The normalized spacial score (nSPS) is 7.00. The minimum Gasteiger partial charge on any atom is -0.373 e. The largest absolute Gasteiger partial charge is 0.373 e. The topological polar surface area (TPSA) is 9.23 Å². The summed E-state index contributed by atoms with van der Waals surface area (Å²) in [6.45, 7) is 8.18. The fourth-order valence-corrected chi connectivity index (χ4v) is 0.235. The second-order valence-electron chi connectivity index (χ2n) is 1.11. The van der Waals surface area contributed by atoms with E-state index in [1.54, 1.807) is 12.2 Å². The molecule has 0 aliphatic heterocycles. The molecule has 0 atom stereocenters. The Kier molecular flexibility index (Phi) is 14.7. The van der Waals surface area contributed by atoms with Crippen LogP contribution in [0.1, 0.15) is 0 Å². The number of hydrogen-bond acceptors (Lipinski definition) is 1. The Morgan fingerprint density at radius 3 is 1.75 bits per heavy atom. The summed E-state index contributed by atoms with van der Waals surface area (Å²) in [4.78, 5) is 0. The van der Waals surface area contributed by atoms with E-state index in [0.29, 0.717) is 13.2 Å². The van der Waals surface area contributed by atoms with Crippen LogP contribution in [0.5, 0.6) is 0 Å². The molecule has 0 fully saturated rings. The van der Waals surface area contributed by atoms with Gasteiger partial charge in [-0.2, -0.15) is 0 Å². The van der Waals surface area contributed by atoms with Gasteiger partial charge in [-0.15, -0.1) is 13.2 Å². The van der Waals surface area contributed by atoms with Crippen LogP contribution in [0.15, 0.2) is 25.3 Å². The van der Waals surface area contributed by atoms with Gasteiger partial charge in [-0.1, -0.05) is 12.2 Å². The van der Waals surface area contributed by atoms with Crippen molar-refractivity contribution in [1.29, 1.82) is 0 Å². The molecule has 0 rings (SSSR count). The summed E-state index contributed by atoms with van der Waals surface area (Å²) in [6, 6.07) is 0. The summed E-state index contributed by atoms with van der Waals surface area (Å²) < 4.78 is 4.90. The van der Waals surface area contributed by atoms with Gasteiger partial charge in [0.05, 0.1) is 13.2 Å². The third kappa shape index (κ3) is 9.67. The zero-order chi connectivity index (χ0) is 5.54. The van der Waals surface area contributed by atoms with Gasteiger partial charge in [0.15, 0.2) is 0 Å². The molecule has 0 aromatic carbocycles. The smallest absolute Gasteiger partial charge is 0.0649 e. The average Bonchev–Trinajstić information content (AvgIpc) is 1.69. The van der Waals surface area contributed by atoms with E-state index in [2.05, 4.69) is 13.2 Å². The van der Waals surface area contributed by atoms with Crippen LogP contribution in [-0.2, 0) is 4.74 Å². The molecular formula is C6H10NaO. The van der Waals surface area contributed by atoms with Crippen molar-refractivity contribution in [3.05, 3.63) is 25.3 Å². The van der Waals surface area contributed by atoms with Crippen molar-refractivity contribution < 1.29 is 4.74 Å². The van der Waals surface area contributed by atoms with E-state index in [0.717, 1.165) is 0 Å². The van der Waals surface area contributed by atoms with Crippen molar-refractivity contribution in [2.45, 2.75) is 0 Å². The van der Waals surface area contributed by atoms with Crippen molar-refractivity contribution in [2.24, 2.45) is 0 Å². The van der Waals surface area contributed by atoms with Crippen LogP contribution in [0.4, 0.5) is 0 Å². The number of hydrogen-bond donors (Lipinski definition) is 0. The van der Waals surface area contributed by atoms with Crippen LogP contribution in [0.3, 0.4) is 0 Å². The molecule has 2 heteroatoms. The maximum absolute atomic E-state index is 4.90. The van der Waals surface area contributed by atoms with E-state index in [4.69, 9.17) is 4.74 Å². The Balaban J connectivity index is 0. The molecule has 1 radical (unpaired) electrons. The summed E-state index contributed by atoms with van der Waals surface area (Å²) in [7, 11) is 0. The molecular weight excluding hydrogens is 111 g/mol. The SMILES string of the molecule is C=CCOCC=C.[Na]. The summed E-state index contributed by atoms with van der Waals surface area (Å²) in [5, 5.41) is 0. The minimum absolute atomic E-state index is 0. The first kappa shape index (κ1) is 11.3. The molecule has 1 nitrogen and oxygen atoms in total. The standard InChI is InChI=1S/C6H10O.Na/c1-3-5-7-6-4-2;/h3-4H,1-2,5-6H2;. The van der Waals surface area contributed by atoms with E-state index >= 15 is 0 Å². The van der Waals surface area contributed by atoms with Gasteiger partial charge in [0.25, 0.3) is 0 Å². The third-order valence-electron chi connectivity index (χ3n) is 0.471. The van der Waals surface area contributed by atoms with Gasteiger partial charge in [0.1, 0.15) is 0 Å². The van der Waals surface area contributed by atoms with Gasteiger partial charge < -0.3 is 4.74 Å². The van der Waals surface area contributed by atoms with Gasteiger partial charge in [-0.3, -0.25) is 0 Å². The predicted molar refractivity (Wildman–Crippen MR) is 37.0 cm³/mol. The van der Waals surface area contributed by atoms with Gasteiger partial charge >= 0.3 is 0 Å². The third-order valence-corrected chi connectivity index (χ3v) is 0.471. The van der Waals surface area contributed by atoms with E-state index in [1.807, 2.05) is 0 Å². The molecule has 0 saturated heterocycles. The first-order valence-electron chi connectivity index (χ1n) is 2.21. The molecule has 0 N–H and O–H groups in total. The molecule has 0 aliphatic carbocycles. The average molecular weight is 121 g/mol. The van der Waals surface area contributed by atoms with Crippen LogP contribution in [0.25, 0.3) is 0 Å². The summed E-state index contributed by atoms with van der Waals surface area (Å²) in [5.74, 6) is 0. The van der Waals surface area contributed by atoms with Gasteiger partial charge in [0, 0.05) is 29.6 Å². The number of ether oxygens (including phenoxy) is 1. The van der Waals surface area contributed by atoms with Gasteiger partial charge in [-0.25, -0.2) is 0 Å². The summed E-state index contributed by atoms with van der Waals surface area (Å²) >= 11 is 0.